The summed E-state index contributed by atoms with van der Waals surface area (Å²) in [4.78, 5) is 14.3. The van der Waals surface area contributed by atoms with Crippen LogP contribution in [0.2, 0.25) is 0 Å². The molecular formula is C17H27N3O12. The Balaban J connectivity index is 1.61. The van der Waals surface area contributed by atoms with Gasteiger partial charge in [-0.05, 0) is 4.92 Å². The molecule has 32 heavy (non-hydrogen) atoms. The normalized spacial score (nSPS) is 37.7. The Morgan fingerprint density at radius 3 is 2.34 bits per heavy atom. The molecule has 9 atom stereocenters. The number of aromatic nitrogens is 2. The molecule has 0 spiro atoms. The fraction of sp³-hybridized carbons (Fsp3) is 0.824. The third-order valence-electron chi connectivity index (χ3n) is 5.43. The minimum Gasteiger partial charge on any atom is -0.394 e. The second kappa shape index (κ2) is 10.4. The van der Waals surface area contributed by atoms with Crippen molar-refractivity contribution in [3.63, 3.8) is 0 Å². The molecule has 0 saturated carbocycles. The molecule has 3 rings (SSSR count). The summed E-state index contributed by atoms with van der Waals surface area (Å²) in [6, 6.07) is 0. The summed E-state index contributed by atoms with van der Waals surface area (Å²) in [6.45, 7) is 0.260. The van der Waals surface area contributed by atoms with Crippen LogP contribution < -0.4 is 0 Å². The van der Waals surface area contributed by atoms with E-state index in [1.165, 1.54) is 4.57 Å². The first-order valence-corrected chi connectivity index (χ1v) is 9.88. The van der Waals surface area contributed by atoms with Crippen molar-refractivity contribution in [1.82, 2.24) is 9.55 Å². The van der Waals surface area contributed by atoms with Gasteiger partial charge >= 0.3 is 5.82 Å². The van der Waals surface area contributed by atoms with Gasteiger partial charge in [0.1, 0.15) is 55.5 Å². The molecule has 0 aromatic carbocycles. The van der Waals surface area contributed by atoms with E-state index in [4.69, 9.17) is 18.9 Å². The lowest BCUT2D eigenvalue weighted by Crippen LogP contribution is -2.60. The highest BCUT2D eigenvalue weighted by molar-refractivity contribution is 5.18. The van der Waals surface area contributed by atoms with E-state index in [1.807, 2.05) is 0 Å². The van der Waals surface area contributed by atoms with Gasteiger partial charge in [0.25, 0.3) is 0 Å². The Labute approximate surface area is 181 Å². The topological polar surface area (TPSA) is 219 Å². The van der Waals surface area contributed by atoms with Gasteiger partial charge < -0.3 is 59.7 Å². The standard InChI is InChI=1S/C17H27N3O12/c1-7-18-4-10(20(27)28)19(7)2-3-29-16-14(26)15(9(6-22)31-16)32-17-13(25)12(24)11(23)8(5-21)30-17/h4,8-9,11-17,21-26H,2-3,5-6H2,1H3/t8?,9-,11+,12?,13?,14?,15?,16-,17+/m1/s1. The maximum Gasteiger partial charge on any atom is 0.342 e. The Hall–Kier alpha value is -1.79. The highest BCUT2D eigenvalue weighted by Gasteiger charge is 2.50. The zero-order valence-corrected chi connectivity index (χ0v) is 17.1. The summed E-state index contributed by atoms with van der Waals surface area (Å²) in [5.41, 5.74) is 0. The molecule has 3 heterocycles. The van der Waals surface area contributed by atoms with Crippen LogP contribution in [0.25, 0.3) is 0 Å². The summed E-state index contributed by atoms with van der Waals surface area (Å²) < 4.78 is 23.0. The van der Waals surface area contributed by atoms with Gasteiger partial charge in [0.05, 0.1) is 19.8 Å². The van der Waals surface area contributed by atoms with E-state index in [9.17, 15) is 40.8 Å². The Morgan fingerprint density at radius 2 is 1.72 bits per heavy atom. The van der Waals surface area contributed by atoms with E-state index >= 15 is 0 Å². The lowest BCUT2D eigenvalue weighted by atomic mass is 9.99. The Bertz CT molecular complexity index is 776. The smallest absolute Gasteiger partial charge is 0.342 e. The maximum atomic E-state index is 11.0. The number of aryl methyl sites for hydroxylation is 1. The molecule has 0 amide bonds. The molecule has 0 bridgehead atoms. The van der Waals surface area contributed by atoms with Crippen LogP contribution in [0.15, 0.2) is 6.20 Å². The van der Waals surface area contributed by atoms with Crippen molar-refractivity contribution in [2.24, 2.45) is 0 Å². The fourth-order valence-corrected chi connectivity index (χ4v) is 3.63. The number of rotatable bonds is 9. The third-order valence-corrected chi connectivity index (χ3v) is 5.43. The lowest BCUT2D eigenvalue weighted by molar-refractivity contribution is -0.392. The molecular weight excluding hydrogens is 438 g/mol. The van der Waals surface area contributed by atoms with Gasteiger partial charge in [-0.2, -0.15) is 0 Å². The van der Waals surface area contributed by atoms with Crippen LogP contribution in [0.5, 0.6) is 0 Å². The molecule has 0 aliphatic carbocycles. The number of aliphatic hydroxyl groups excluding tert-OH is 6. The van der Waals surface area contributed by atoms with Crippen molar-refractivity contribution >= 4 is 5.82 Å². The summed E-state index contributed by atoms with van der Waals surface area (Å²) in [6.07, 6.45) is -11.7. The Kier molecular flexibility index (Phi) is 8.10. The van der Waals surface area contributed by atoms with Crippen LogP contribution >= 0.6 is 0 Å². The van der Waals surface area contributed by atoms with Gasteiger partial charge in [-0.15, -0.1) is 0 Å². The molecule has 6 N–H and O–H groups in total. The summed E-state index contributed by atoms with van der Waals surface area (Å²) in [5, 5.41) is 70.3. The molecule has 5 unspecified atom stereocenters. The predicted octanol–water partition coefficient (Wildman–Crippen LogP) is -3.62. The fourth-order valence-electron chi connectivity index (χ4n) is 3.63. The van der Waals surface area contributed by atoms with Gasteiger partial charge in [0.15, 0.2) is 18.4 Å². The monoisotopic (exact) mass is 465 g/mol. The number of nitro groups is 1. The SMILES string of the molecule is Cc1ncc([N+](=O)[O-])n1CCO[C@@H]1O[C@H](CO)C(O[C@@H]2OC(CO)[C@H](O)C(O)C2O)C1O. The number of imidazole rings is 1. The second-order valence-corrected chi connectivity index (χ2v) is 7.46. The molecule has 2 aliphatic heterocycles. The molecule has 15 nitrogen and oxygen atoms in total. The second-order valence-electron chi connectivity index (χ2n) is 7.46. The molecule has 1 aromatic rings. The number of hydrogen-bond acceptors (Lipinski definition) is 13. The number of ether oxygens (including phenoxy) is 4. The van der Waals surface area contributed by atoms with Gasteiger partial charge in [-0.1, -0.05) is 0 Å². The van der Waals surface area contributed by atoms with Crippen molar-refractivity contribution in [1.29, 1.82) is 0 Å². The van der Waals surface area contributed by atoms with E-state index in [0.717, 1.165) is 6.20 Å². The zero-order chi connectivity index (χ0) is 23.6. The van der Waals surface area contributed by atoms with E-state index in [0.29, 0.717) is 5.82 Å². The minimum atomic E-state index is -1.70. The average Bonchev–Trinajstić information content (AvgIpc) is 3.28. The van der Waals surface area contributed by atoms with Gasteiger partial charge in [0, 0.05) is 6.92 Å². The lowest BCUT2D eigenvalue weighted by Gasteiger charge is -2.41. The van der Waals surface area contributed by atoms with Crippen LogP contribution in [0, 0.1) is 17.0 Å². The molecule has 2 fully saturated rings. The molecule has 182 valence electrons. The van der Waals surface area contributed by atoms with Crippen molar-refractivity contribution in [3.05, 3.63) is 22.1 Å². The first-order chi connectivity index (χ1) is 15.2. The van der Waals surface area contributed by atoms with Gasteiger partial charge in [-0.3, -0.25) is 0 Å². The van der Waals surface area contributed by atoms with E-state index in [2.05, 4.69) is 4.98 Å². The summed E-state index contributed by atoms with van der Waals surface area (Å²) in [7, 11) is 0. The van der Waals surface area contributed by atoms with Crippen LogP contribution in [0.1, 0.15) is 5.82 Å². The summed E-state index contributed by atoms with van der Waals surface area (Å²) >= 11 is 0. The average molecular weight is 465 g/mol. The first kappa shape index (κ1) is 24.8. The van der Waals surface area contributed by atoms with Crippen LogP contribution in [0.3, 0.4) is 0 Å². The largest absolute Gasteiger partial charge is 0.394 e. The van der Waals surface area contributed by atoms with Crippen molar-refractivity contribution in [2.75, 3.05) is 19.8 Å². The van der Waals surface area contributed by atoms with E-state index in [1.54, 1.807) is 6.92 Å². The molecule has 0 radical (unpaired) electrons. The first-order valence-electron chi connectivity index (χ1n) is 9.88. The van der Waals surface area contributed by atoms with Gasteiger partial charge in [0.2, 0.25) is 0 Å². The minimum absolute atomic E-state index is 0.0384. The highest BCUT2D eigenvalue weighted by Crippen LogP contribution is 2.30. The molecule has 15 heteroatoms. The molecule has 2 aliphatic rings. The van der Waals surface area contributed by atoms with Crippen LogP contribution in [-0.2, 0) is 25.5 Å². The van der Waals surface area contributed by atoms with Crippen molar-refractivity contribution in [2.45, 2.75) is 68.8 Å². The zero-order valence-electron chi connectivity index (χ0n) is 17.1. The number of aliphatic hydroxyl groups is 6. The predicted molar refractivity (Wildman–Crippen MR) is 100.0 cm³/mol. The highest BCUT2D eigenvalue weighted by atomic mass is 16.8. The molecule has 1 aromatic heterocycles. The van der Waals surface area contributed by atoms with E-state index in [-0.39, 0.29) is 19.0 Å². The van der Waals surface area contributed by atoms with Crippen molar-refractivity contribution < 1.29 is 54.5 Å². The van der Waals surface area contributed by atoms with Crippen LogP contribution in [-0.4, -0.2) is 120 Å². The maximum absolute atomic E-state index is 11.0. The van der Waals surface area contributed by atoms with E-state index < -0.39 is 73.4 Å². The third kappa shape index (κ3) is 4.91. The van der Waals surface area contributed by atoms with Crippen molar-refractivity contribution in [3.8, 4) is 0 Å². The molecule has 2 saturated heterocycles. The van der Waals surface area contributed by atoms with Crippen LogP contribution in [0.4, 0.5) is 5.82 Å². The number of hydrogen-bond donors (Lipinski definition) is 6. The number of nitrogens with zero attached hydrogens (tertiary/aromatic N) is 3. The summed E-state index contributed by atoms with van der Waals surface area (Å²) in [5.74, 6) is 0.168. The van der Waals surface area contributed by atoms with Gasteiger partial charge in [-0.25, -0.2) is 9.55 Å². The Morgan fingerprint density at radius 1 is 1.06 bits per heavy atom. The quantitative estimate of drug-likeness (QED) is 0.153.